The van der Waals surface area contributed by atoms with Crippen LogP contribution in [0, 0.1) is 18.7 Å². The number of esters is 2. The van der Waals surface area contributed by atoms with Crippen molar-refractivity contribution in [2.45, 2.75) is 34.1 Å². The van der Waals surface area contributed by atoms with E-state index in [-0.39, 0.29) is 56.9 Å². The SMILES string of the molecule is C=C(C)C(=O)OCCOc1cc(CCO)c(OCCOC(=O)C(C)C)cc1-c1ccc(C)cc1F. The molecular formula is C27H33FO7. The Kier molecular flexibility index (Phi) is 10.7. The van der Waals surface area contributed by atoms with Crippen LogP contribution in [0.15, 0.2) is 42.5 Å². The van der Waals surface area contributed by atoms with Crippen LogP contribution in [-0.4, -0.2) is 50.1 Å². The topological polar surface area (TPSA) is 91.3 Å². The first-order valence-electron chi connectivity index (χ1n) is 11.4. The Bertz CT molecular complexity index is 1050. The van der Waals surface area contributed by atoms with Crippen molar-refractivity contribution in [2.24, 2.45) is 5.92 Å². The van der Waals surface area contributed by atoms with Crippen molar-refractivity contribution in [3.8, 4) is 22.6 Å². The van der Waals surface area contributed by atoms with Crippen LogP contribution in [0.25, 0.3) is 11.1 Å². The van der Waals surface area contributed by atoms with Gasteiger partial charge < -0.3 is 24.1 Å². The number of halogens is 1. The smallest absolute Gasteiger partial charge is 0.333 e. The van der Waals surface area contributed by atoms with Crippen LogP contribution in [0.5, 0.6) is 11.5 Å². The number of hydrogen-bond acceptors (Lipinski definition) is 7. The summed E-state index contributed by atoms with van der Waals surface area (Å²) in [6, 6.07) is 8.15. The van der Waals surface area contributed by atoms with E-state index in [9.17, 15) is 19.1 Å². The predicted octanol–water partition coefficient (Wildman–Crippen LogP) is 4.41. The van der Waals surface area contributed by atoms with E-state index in [1.165, 1.54) is 6.07 Å². The molecule has 0 atom stereocenters. The van der Waals surface area contributed by atoms with Crippen molar-refractivity contribution in [2.75, 3.05) is 33.0 Å². The lowest BCUT2D eigenvalue weighted by molar-refractivity contribution is -0.148. The van der Waals surface area contributed by atoms with E-state index in [0.29, 0.717) is 28.2 Å². The number of hydrogen-bond donors (Lipinski definition) is 1. The van der Waals surface area contributed by atoms with Crippen molar-refractivity contribution in [1.82, 2.24) is 0 Å². The molecule has 0 bridgehead atoms. The van der Waals surface area contributed by atoms with Crippen molar-refractivity contribution in [1.29, 1.82) is 0 Å². The average Bonchev–Trinajstić information content (AvgIpc) is 2.80. The molecule has 2 aromatic carbocycles. The standard InChI is InChI=1S/C27H33FO7/c1-17(2)26(30)34-12-10-32-24-16-22(21-7-6-19(5)14-23(21)28)25(15-20(24)8-9-29)33-11-13-35-27(31)18(3)4/h6-7,14-17,29H,3,8-13H2,1-2,4-5H3. The van der Waals surface area contributed by atoms with Gasteiger partial charge in [0, 0.05) is 28.9 Å². The first-order chi connectivity index (χ1) is 16.6. The molecular weight excluding hydrogens is 455 g/mol. The molecule has 2 aromatic rings. The molecule has 0 heterocycles. The number of aryl methyl sites for hydroxylation is 1. The summed E-state index contributed by atoms with van der Waals surface area (Å²) in [5.41, 5.74) is 2.41. The molecule has 0 radical (unpaired) electrons. The zero-order valence-electron chi connectivity index (χ0n) is 20.7. The molecule has 0 aliphatic heterocycles. The summed E-state index contributed by atoms with van der Waals surface area (Å²) in [6.45, 7) is 10.4. The molecule has 0 aliphatic carbocycles. The van der Waals surface area contributed by atoms with Crippen LogP contribution in [0.3, 0.4) is 0 Å². The fourth-order valence-electron chi connectivity index (χ4n) is 3.09. The van der Waals surface area contributed by atoms with Gasteiger partial charge >= 0.3 is 11.9 Å². The number of benzene rings is 2. The summed E-state index contributed by atoms with van der Waals surface area (Å²) >= 11 is 0. The first kappa shape index (κ1) is 27.9. The van der Waals surface area contributed by atoms with Crippen molar-refractivity contribution >= 4 is 11.9 Å². The molecule has 0 amide bonds. The summed E-state index contributed by atoms with van der Waals surface area (Å²) in [4.78, 5) is 23.3. The Morgan fingerprint density at radius 3 is 2.23 bits per heavy atom. The normalized spacial score (nSPS) is 10.7. The Morgan fingerprint density at radius 1 is 0.971 bits per heavy atom. The molecule has 1 N–H and O–H groups in total. The molecule has 0 spiro atoms. The zero-order chi connectivity index (χ0) is 26.0. The largest absolute Gasteiger partial charge is 0.490 e. The van der Waals surface area contributed by atoms with Crippen LogP contribution in [0.2, 0.25) is 0 Å². The quantitative estimate of drug-likeness (QED) is 0.254. The second-order valence-corrected chi connectivity index (χ2v) is 8.35. The lowest BCUT2D eigenvalue weighted by Crippen LogP contribution is -2.17. The number of carbonyl (C=O) groups is 2. The van der Waals surface area contributed by atoms with Gasteiger partial charge in [-0.2, -0.15) is 0 Å². The number of carbonyl (C=O) groups excluding carboxylic acids is 2. The van der Waals surface area contributed by atoms with E-state index < -0.39 is 11.8 Å². The number of aliphatic hydroxyl groups excluding tert-OH is 1. The number of aliphatic hydroxyl groups is 1. The van der Waals surface area contributed by atoms with Gasteiger partial charge in [-0.05, 0) is 44.0 Å². The van der Waals surface area contributed by atoms with Gasteiger partial charge in [0.2, 0.25) is 0 Å². The van der Waals surface area contributed by atoms with Gasteiger partial charge in [-0.25, -0.2) is 9.18 Å². The van der Waals surface area contributed by atoms with E-state index in [1.54, 1.807) is 52.0 Å². The van der Waals surface area contributed by atoms with Gasteiger partial charge in [0.25, 0.3) is 0 Å². The minimum absolute atomic E-state index is 0.0175. The van der Waals surface area contributed by atoms with Gasteiger partial charge in [0.15, 0.2) is 0 Å². The second-order valence-electron chi connectivity index (χ2n) is 8.35. The van der Waals surface area contributed by atoms with Gasteiger partial charge in [-0.1, -0.05) is 32.6 Å². The highest BCUT2D eigenvalue weighted by atomic mass is 19.1. The van der Waals surface area contributed by atoms with E-state index in [1.807, 2.05) is 0 Å². The van der Waals surface area contributed by atoms with Gasteiger partial charge in [0.05, 0.1) is 5.92 Å². The molecule has 0 aromatic heterocycles. The third-order valence-corrected chi connectivity index (χ3v) is 4.94. The van der Waals surface area contributed by atoms with Crippen molar-refractivity contribution < 1.29 is 38.0 Å². The highest BCUT2D eigenvalue weighted by molar-refractivity contribution is 5.86. The third kappa shape index (κ3) is 8.40. The summed E-state index contributed by atoms with van der Waals surface area (Å²) < 4.78 is 36.8. The maximum Gasteiger partial charge on any atom is 0.333 e. The molecule has 190 valence electrons. The lowest BCUT2D eigenvalue weighted by Gasteiger charge is -2.18. The Labute approximate surface area is 205 Å². The Morgan fingerprint density at radius 2 is 1.63 bits per heavy atom. The summed E-state index contributed by atoms with van der Waals surface area (Å²) in [5.74, 6) is -0.779. The predicted molar refractivity (Wildman–Crippen MR) is 130 cm³/mol. The van der Waals surface area contributed by atoms with Crippen LogP contribution in [0.1, 0.15) is 31.9 Å². The maximum atomic E-state index is 14.9. The van der Waals surface area contributed by atoms with Gasteiger partial charge in [0.1, 0.15) is 43.7 Å². The van der Waals surface area contributed by atoms with E-state index in [4.69, 9.17) is 18.9 Å². The molecule has 2 rings (SSSR count). The van der Waals surface area contributed by atoms with Gasteiger partial charge in [-0.3, -0.25) is 4.79 Å². The molecule has 8 heteroatoms. The van der Waals surface area contributed by atoms with Crippen molar-refractivity contribution in [3.63, 3.8) is 0 Å². The fraction of sp³-hybridized carbons (Fsp3) is 0.407. The maximum absolute atomic E-state index is 14.9. The lowest BCUT2D eigenvalue weighted by atomic mass is 9.99. The number of rotatable bonds is 13. The third-order valence-electron chi connectivity index (χ3n) is 4.94. The second kappa shape index (κ2) is 13.5. The first-order valence-corrected chi connectivity index (χ1v) is 11.4. The van der Waals surface area contributed by atoms with E-state index in [0.717, 1.165) is 5.56 Å². The van der Waals surface area contributed by atoms with Crippen LogP contribution >= 0.6 is 0 Å². The minimum atomic E-state index is -0.527. The molecule has 0 saturated heterocycles. The number of ether oxygens (including phenoxy) is 4. The average molecular weight is 489 g/mol. The molecule has 0 aliphatic rings. The highest BCUT2D eigenvalue weighted by Gasteiger charge is 2.17. The minimum Gasteiger partial charge on any atom is -0.490 e. The molecule has 35 heavy (non-hydrogen) atoms. The van der Waals surface area contributed by atoms with E-state index >= 15 is 0 Å². The molecule has 0 saturated carbocycles. The Balaban J connectivity index is 2.32. The van der Waals surface area contributed by atoms with Crippen LogP contribution in [0.4, 0.5) is 4.39 Å². The summed E-state index contributed by atoms with van der Waals surface area (Å²) in [7, 11) is 0. The van der Waals surface area contributed by atoms with Crippen LogP contribution < -0.4 is 9.47 Å². The van der Waals surface area contributed by atoms with Gasteiger partial charge in [-0.15, -0.1) is 0 Å². The highest BCUT2D eigenvalue weighted by Crippen LogP contribution is 2.38. The summed E-state index contributed by atoms with van der Waals surface area (Å²) in [5, 5.41) is 9.54. The zero-order valence-corrected chi connectivity index (χ0v) is 20.7. The summed E-state index contributed by atoms with van der Waals surface area (Å²) in [6.07, 6.45) is 0.263. The monoisotopic (exact) mass is 488 g/mol. The molecule has 0 unspecified atom stereocenters. The fourth-order valence-corrected chi connectivity index (χ4v) is 3.09. The Hall–Kier alpha value is -3.39. The molecule has 7 nitrogen and oxygen atoms in total. The van der Waals surface area contributed by atoms with Crippen molar-refractivity contribution in [3.05, 3.63) is 59.4 Å². The van der Waals surface area contributed by atoms with E-state index in [2.05, 4.69) is 6.58 Å². The van der Waals surface area contributed by atoms with Crippen LogP contribution in [-0.2, 0) is 25.5 Å². The molecule has 0 fully saturated rings.